The summed E-state index contributed by atoms with van der Waals surface area (Å²) in [7, 11) is 0. The molecule has 5 nitrogen and oxygen atoms in total. The lowest BCUT2D eigenvalue weighted by Crippen LogP contribution is -2.31. The van der Waals surface area contributed by atoms with E-state index in [0.717, 1.165) is 57.6 Å². The highest BCUT2D eigenvalue weighted by Gasteiger charge is 2.22. The highest BCUT2D eigenvalue weighted by molar-refractivity contribution is 5.92. The van der Waals surface area contributed by atoms with Crippen molar-refractivity contribution in [2.24, 2.45) is 0 Å². The molecule has 21 heavy (non-hydrogen) atoms. The van der Waals surface area contributed by atoms with Gasteiger partial charge in [-0.3, -0.25) is 4.79 Å². The molecule has 0 unspecified atom stereocenters. The van der Waals surface area contributed by atoms with Gasteiger partial charge >= 0.3 is 0 Å². The van der Waals surface area contributed by atoms with Crippen LogP contribution in [0.5, 0.6) is 0 Å². The highest BCUT2D eigenvalue weighted by Crippen LogP contribution is 2.16. The zero-order valence-corrected chi connectivity index (χ0v) is 13.4. The monoisotopic (exact) mass is 290 g/mol. The second-order valence-electron chi connectivity index (χ2n) is 5.68. The van der Waals surface area contributed by atoms with Crippen molar-refractivity contribution in [3.05, 3.63) is 17.5 Å². The Balaban J connectivity index is 2.24. The Kier molecular flexibility index (Phi) is 5.53. The van der Waals surface area contributed by atoms with Gasteiger partial charge in [0.1, 0.15) is 5.69 Å². The van der Waals surface area contributed by atoms with Gasteiger partial charge in [-0.15, -0.1) is 0 Å². The molecule has 2 rings (SSSR count). The van der Waals surface area contributed by atoms with Crippen LogP contribution >= 0.6 is 0 Å². The van der Waals surface area contributed by atoms with Gasteiger partial charge in [-0.1, -0.05) is 13.8 Å². The summed E-state index contributed by atoms with van der Waals surface area (Å²) in [6, 6.07) is 1.81. The Labute approximate surface area is 127 Å². The van der Waals surface area contributed by atoms with Gasteiger partial charge in [0.15, 0.2) is 0 Å². The molecule has 1 aliphatic rings. The Hall–Kier alpha value is -1.65. The molecule has 116 valence electrons. The number of amides is 1. The average Bonchev–Trinajstić information content (AvgIpc) is 2.99. The van der Waals surface area contributed by atoms with Gasteiger partial charge in [0.05, 0.1) is 0 Å². The fraction of sp³-hybridized carbons (Fsp3) is 0.688. The van der Waals surface area contributed by atoms with Crippen LogP contribution in [0.4, 0.5) is 5.95 Å². The molecule has 0 bridgehead atoms. The third-order valence-corrected chi connectivity index (χ3v) is 3.72. The van der Waals surface area contributed by atoms with Crippen molar-refractivity contribution in [3.63, 3.8) is 0 Å². The predicted octanol–water partition coefficient (Wildman–Crippen LogP) is 2.65. The summed E-state index contributed by atoms with van der Waals surface area (Å²) in [6.45, 7) is 9.78. The zero-order valence-electron chi connectivity index (χ0n) is 13.4. The van der Waals surface area contributed by atoms with Gasteiger partial charge < -0.3 is 9.80 Å². The van der Waals surface area contributed by atoms with Crippen LogP contribution in [-0.4, -0.2) is 47.0 Å². The maximum Gasteiger partial charge on any atom is 0.272 e. The molecule has 1 saturated heterocycles. The first-order valence-corrected chi connectivity index (χ1v) is 8.05. The SMILES string of the molecule is CCCN(CCC)c1nc(C)cc(C(=O)N2CCCC2)n1. The number of aromatic nitrogens is 2. The van der Waals surface area contributed by atoms with Crippen LogP contribution in [0.1, 0.15) is 55.7 Å². The van der Waals surface area contributed by atoms with Gasteiger partial charge in [0.2, 0.25) is 5.95 Å². The molecule has 2 heterocycles. The van der Waals surface area contributed by atoms with Crippen LogP contribution in [0.2, 0.25) is 0 Å². The van der Waals surface area contributed by atoms with Crippen molar-refractivity contribution in [1.82, 2.24) is 14.9 Å². The Morgan fingerprint density at radius 2 is 1.81 bits per heavy atom. The van der Waals surface area contributed by atoms with E-state index in [1.807, 2.05) is 11.8 Å². The van der Waals surface area contributed by atoms with E-state index in [9.17, 15) is 4.79 Å². The molecule has 5 heteroatoms. The number of anilines is 1. The lowest BCUT2D eigenvalue weighted by Gasteiger charge is -2.22. The molecule has 0 aromatic carbocycles. The van der Waals surface area contributed by atoms with E-state index in [1.54, 1.807) is 6.07 Å². The second kappa shape index (κ2) is 7.38. The van der Waals surface area contributed by atoms with Crippen molar-refractivity contribution in [2.75, 3.05) is 31.1 Å². The first-order chi connectivity index (χ1) is 10.2. The number of carbonyl (C=O) groups is 1. The molecule has 0 saturated carbocycles. The Morgan fingerprint density at radius 3 is 2.38 bits per heavy atom. The number of likely N-dealkylation sites (tertiary alicyclic amines) is 1. The third kappa shape index (κ3) is 3.93. The molecule has 1 aliphatic heterocycles. The summed E-state index contributed by atoms with van der Waals surface area (Å²) < 4.78 is 0. The third-order valence-electron chi connectivity index (χ3n) is 3.72. The molecule has 0 aliphatic carbocycles. The first-order valence-electron chi connectivity index (χ1n) is 8.05. The van der Waals surface area contributed by atoms with Crippen LogP contribution in [0.3, 0.4) is 0 Å². The van der Waals surface area contributed by atoms with Crippen molar-refractivity contribution in [1.29, 1.82) is 0 Å². The predicted molar refractivity (Wildman–Crippen MR) is 84.7 cm³/mol. The van der Waals surface area contributed by atoms with Crippen LogP contribution in [0.15, 0.2) is 6.07 Å². The van der Waals surface area contributed by atoms with Crippen LogP contribution in [-0.2, 0) is 0 Å². The number of aryl methyl sites for hydroxylation is 1. The summed E-state index contributed by atoms with van der Waals surface area (Å²) in [5.74, 6) is 0.744. The van der Waals surface area contributed by atoms with Gasteiger partial charge in [-0.25, -0.2) is 9.97 Å². The molecule has 0 N–H and O–H groups in total. The quantitative estimate of drug-likeness (QED) is 0.808. The molecular weight excluding hydrogens is 264 g/mol. The minimum absolute atomic E-state index is 0.0483. The van der Waals surface area contributed by atoms with E-state index in [4.69, 9.17) is 0 Å². The zero-order chi connectivity index (χ0) is 15.2. The van der Waals surface area contributed by atoms with E-state index >= 15 is 0 Å². The van der Waals surface area contributed by atoms with E-state index in [-0.39, 0.29) is 5.91 Å². The van der Waals surface area contributed by atoms with E-state index < -0.39 is 0 Å². The molecule has 0 atom stereocenters. The topological polar surface area (TPSA) is 49.3 Å². The van der Waals surface area contributed by atoms with E-state index in [0.29, 0.717) is 11.6 Å². The molecule has 0 radical (unpaired) electrons. The molecule has 1 fully saturated rings. The lowest BCUT2D eigenvalue weighted by molar-refractivity contribution is 0.0787. The molecule has 0 spiro atoms. The van der Waals surface area contributed by atoms with E-state index in [2.05, 4.69) is 28.7 Å². The van der Waals surface area contributed by atoms with E-state index in [1.165, 1.54) is 0 Å². The first kappa shape index (κ1) is 15.7. The van der Waals surface area contributed by atoms with Crippen LogP contribution < -0.4 is 4.90 Å². The summed E-state index contributed by atoms with van der Waals surface area (Å²) >= 11 is 0. The largest absolute Gasteiger partial charge is 0.341 e. The molecular formula is C16H26N4O. The smallest absolute Gasteiger partial charge is 0.272 e. The standard InChI is InChI=1S/C16H26N4O/c1-4-8-20(9-5-2)16-17-13(3)12-14(18-16)15(21)19-10-6-7-11-19/h12H,4-11H2,1-3H3. The highest BCUT2D eigenvalue weighted by atomic mass is 16.2. The minimum Gasteiger partial charge on any atom is -0.341 e. The second-order valence-corrected chi connectivity index (χ2v) is 5.68. The van der Waals surface area contributed by atoms with Crippen LogP contribution in [0.25, 0.3) is 0 Å². The summed E-state index contributed by atoms with van der Waals surface area (Å²) in [5.41, 5.74) is 1.40. The maximum absolute atomic E-state index is 12.5. The van der Waals surface area contributed by atoms with Crippen molar-refractivity contribution in [2.45, 2.75) is 46.5 Å². The lowest BCUT2D eigenvalue weighted by atomic mass is 10.3. The fourth-order valence-electron chi connectivity index (χ4n) is 2.74. The molecule has 1 aromatic rings. The number of rotatable bonds is 6. The summed E-state index contributed by atoms with van der Waals surface area (Å²) in [5, 5.41) is 0. The Morgan fingerprint density at radius 1 is 1.19 bits per heavy atom. The summed E-state index contributed by atoms with van der Waals surface area (Å²) in [4.78, 5) is 25.6. The Bertz CT molecular complexity index is 477. The number of hydrogen-bond donors (Lipinski definition) is 0. The van der Waals surface area contributed by atoms with Crippen LogP contribution in [0, 0.1) is 6.92 Å². The summed E-state index contributed by atoms with van der Waals surface area (Å²) in [6.07, 6.45) is 4.29. The number of carbonyl (C=O) groups excluding carboxylic acids is 1. The van der Waals surface area contributed by atoms with Gasteiger partial charge in [0.25, 0.3) is 5.91 Å². The fourth-order valence-corrected chi connectivity index (χ4v) is 2.74. The number of nitrogens with zero attached hydrogens (tertiary/aromatic N) is 4. The van der Waals surface area contributed by atoms with Crippen molar-refractivity contribution in [3.8, 4) is 0 Å². The maximum atomic E-state index is 12.5. The number of hydrogen-bond acceptors (Lipinski definition) is 4. The average molecular weight is 290 g/mol. The van der Waals surface area contributed by atoms with Crippen molar-refractivity contribution < 1.29 is 4.79 Å². The minimum atomic E-state index is 0.0483. The molecule has 1 aromatic heterocycles. The normalized spacial score (nSPS) is 14.5. The van der Waals surface area contributed by atoms with Gasteiger partial charge in [-0.2, -0.15) is 0 Å². The van der Waals surface area contributed by atoms with Crippen molar-refractivity contribution >= 4 is 11.9 Å². The molecule has 1 amide bonds. The van der Waals surface area contributed by atoms with Gasteiger partial charge in [0, 0.05) is 31.9 Å². The van der Waals surface area contributed by atoms with Gasteiger partial charge in [-0.05, 0) is 38.7 Å².